The molecule has 0 aliphatic carbocycles. The molecule has 0 saturated carbocycles. The Hall–Kier alpha value is -2.62. The predicted octanol–water partition coefficient (Wildman–Crippen LogP) is 6.67. The molecule has 33 heavy (non-hydrogen) atoms. The molecular weight excluding hydrogens is 408 g/mol. The van der Waals surface area contributed by atoms with E-state index < -0.39 is 0 Å². The molecule has 0 aliphatic heterocycles. The van der Waals surface area contributed by atoms with Crippen molar-refractivity contribution in [2.24, 2.45) is 0 Å². The molecule has 0 unspecified atom stereocenters. The third-order valence-corrected chi connectivity index (χ3v) is 5.81. The number of ether oxygens (including phenoxy) is 1. The summed E-state index contributed by atoms with van der Waals surface area (Å²) >= 11 is 0. The van der Waals surface area contributed by atoms with Gasteiger partial charge in [-0.1, -0.05) is 51.0 Å². The van der Waals surface area contributed by atoms with Crippen molar-refractivity contribution in [3.05, 3.63) is 59.9 Å². The lowest BCUT2D eigenvalue weighted by Gasteiger charge is -2.24. The van der Waals surface area contributed by atoms with Gasteiger partial charge in [0.25, 0.3) is 0 Å². The third-order valence-electron chi connectivity index (χ3n) is 5.81. The van der Waals surface area contributed by atoms with Crippen LogP contribution in [0, 0.1) is 0 Å². The lowest BCUT2D eigenvalue weighted by molar-refractivity contribution is -0.697. The van der Waals surface area contributed by atoms with Gasteiger partial charge in [0, 0.05) is 43.8 Å². The number of nitrogens with zero attached hydrogens (tertiary/aromatic N) is 2. The molecule has 0 radical (unpaired) electrons. The number of aromatic nitrogens is 1. The topological polar surface area (TPSA) is 33.4 Å². The van der Waals surface area contributed by atoms with Gasteiger partial charge in [0.1, 0.15) is 6.54 Å². The number of benzene rings is 1. The van der Waals surface area contributed by atoms with Gasteiger partial charge in [0.05, 0.1) is 6.61 Å². The smallest absolute Gasteiger partial charge is 0.305 e. The van der Waals surface area contributed by atoms with E-state index in [4.69, 9.17) is 4.74 Å². The lowest BCUT2D eigenvalue weighted by atomic mass is 10.1. The highest BCUT2D eigenvalue weighted by Crippen LogP contribution is 2.18. The molecule has 4 nitrogen and oxygen atoms in total. The fourth-order valence-electron chi connectivity index (χ4n) is 3.76. The zero-order valence-corrected chi connectivity index (χ0v) is 21.0. The van der Waals surface area contributed by atoms with E-state index >= 15 is 0 Å². The Bertz CT molecular complexity index is 805. The Morgan fingerprint density at radius 2 is 1.42 bits per heavy atom. The van der Waals surface area contributed by atoms with Crippen LogP contribution < -0.4 is 9.47 Å². The van der Waals surface area contributed by atoms with Gasteiger partial charge in [0.15, 0.2) is 12.4 Å². The highest BCUT2D eigenvalue weighted by atomic mass is 16.5. The number of hydrogen-bond donors (Lipinski definition) is 0. The van der Waals surface area contributed by atoms with Crippen molar-refractivity contribution in [3.8, 4) is 0 Å². The first kappa shape index (κ1) is 26.6. The van der Waals surface area contributed by atoms with Crippen molar-refractivity contribution in [2.75, 3.05) is 24.6 Å². The summed E-state index contributed by atoms with van der Waals surface area (Å²) in [5.41, 5.74) is 3.75. The van der Waals surface area contributed by atoms with Crippen molar-refractivity contribution in [1.29, 1.82) is 0 Å². The van der Waals surface area contributed by atoms with E-state index in [-0.39, 0.29) is 5.97 Å². The summed E-state index contributed by atoms with van der Waals surface area (Å²) < 4.78 is 7.17. The summed E-state index contributed by atoms with van der Waals surface area (Å²) in [4.78, 5) is 13.9. The monoisotopic (exact) mass is 451 g/mol. The minimum absolute atomic E-state index is 0.0822. The van der Waals surface area contributed by atoms with Gasteiger partial charge in [-0.3, -0.25) is 4.79 Å². The molecule has 0 N–H and O–H groups in total. The first-order valence-corrected chi connectivity index (χ1v) is 12.8. The molecule has 1 aromatic carbocycles. The molecule has 1 heterocycles. The second kappa shape index (κ2) is 16.1. The van der Waals surface area contributed by atoms with E-state index in [9.17, 15) is 4.79 Å². The predicted molar refractivity (Wildman–Crippen MR) is 139 cm³/mol. The number of carbonyl (C=O) groups is 1. The van der Waals surface area contributed by atoms with Crippen LogP contribution in [-0.4, -0.2) is 25.7 Å². The number of carbonyl (C=O) groups excluding carboxylic acids is 1. The summed E-state index contributed by atoms with van der Waals surface area (Å²) in [7, 11) is 0. The van der Waals surface area contributed by atoms with Crippen LogP contribution in [0.5, 0.6) is 0 Å². The van der Waals surface area contributed by atoms with Crippen molar-refractivity contribution in [2.45, 2.75) is 78.7 Å². The molecule has 2 rings (SSSR count). The average Bonchev–Trinajstić information content (AvgIpc) is 2.84. The number of hydrogen-bond acceptors (Lipinski definition) is 3. The summed E-state index contributed by atoms with van der Waals surface area (Å²) in [5, 5.41) is 0. The maximum Gasteiger partial charge on any atom is 0.305 e. The fraction of sp³-hybridized carbons (Fsp3) is 0.517. The van der Waals surface area contributed by atoms with Crippen molar-refractivity contribution in [3.63, 3.8) is 0 Å². The molecule has 0 atom stereocenters. The molecule has 1 aromatic heterocycles. The van der Waals surface area contributed by atoms with Gasteiger partial charge in [0.2, 0.25) is 0 Å². The quantitative estimate of drug-likeness (QED) is 0.162. The van der Waals surface area contributed by atoms with E-state index in [0.717, 1.165) is 38.9 Å². The van der Waals surface area contributed by atoms with Crippen LogP contribution in [0.3, 0.4) is 0 Å². The van der Waals surface area contributed by atoms with E-state index in [0.29, 0.717) is 13.0 Å². The maximum atomic E-state index is 11.4. The minimum atomic E-state index is -0.0822. The van der Waals surface area contributed by atoms with Crippen LogP contribution in [0.1, 0.15) is 83.3 Å². The third kappa shape index (κ3) is 10.7. The molecule has 0 aliphatic rings. The first-order valence-electron chi connectivity index (χ1n) is 12.8. The Labute approximate surface area is 201 Å². The Morgan fingerprint density at radius 3 is 2.00 bits per heavy atom. The number of rotatable bonds is 16. The van der Waals surface area contributed by atoms with E-state index in [1.165, 1.54) is 42.5 Å². The van der Waals surface area contributed by atoms with Crippen LogP contribution >= 0.6 is 0 Å². The van der Waals surface area contributed by atoms with Gasteiger partial charge in [-0.15, -0.1) is 0 Å². The number of aryl methyl sites for hydroxylation is 1. The SMILES string of the molecule is CCCCN(CCCC)c1ccc(/C=C/c2cc[n+](CCCCCC(=O)OCC)cc2)cc1. The number of pyridine rings is 1. The number of esters is 1. The van der Waals surface area contributed by atoms with Crippen LogP contribution in [0.2, 0.25) is 0 Å². The van der Waals surface area contributed by atoms with Crippen LogP contribution in [0.15, 0.2) is 48.8 Å². The maximum absolute atomic E-state index is 11.4. The van der Waals surface area contributed by atoms with Crippen molar-refractivity contribution in [1.82, 2.24) is 0 Å². The van der Waals surface area contributed by atoms with E-state index in [2.05, 4.69) is 84.3 Å². The summed E-state index contributed by atoms with van der Waals surface area (Å²) in [5.74, 6) is -0.0822. The van der Waals surface area contributed by atoms with Crippen LogP contribution in [0.4, 0.5) is 5.69 Å². The normalized spacial score (nSPS) is 11.1. The zero-order chi connectivity index (χ0) is 23.7. The van der Waals surface area contributed by atoms with Crippen LogP contribution in [0.25, 0.3) is 12.2 Å². The molecule has 0 bridgehead atoms. The largest absolute Gasteiger partial charge is 0.466 e. The summed E-state index contributed by atoms with van der Waals surface area (Å²) in [6, 6.07) is 13.3. The fourth-order valence-corrected chi connectivity index (χ4v) is 3.76. The molecular formula is C29H43N2O2+. The van der Waals surface area contributed by atoms with Gasteiger partial charge in [-0.2, -0.15) is 0 Å². The molecule has 4 heteroatoms. The molecule has 0 spiro atoms. The van der Waals surface area contributed by atoms with Gasteiger partial charge in [-0.25, -0.2) is 4.57 Å². The molecule has 180 valence electrons. The van der Waals surface area contributed by atoms with Gasteiger partial charge < -0.3 is 9.64 Å². The second-order valence-corrected chi connectivity index (χ2v) is 8.60. The van der Waals surface area contributed by atoms with E-state index in [1.807, 2.05) is 6.92 Å². The highest BCUT2D eigenvalue weighted by Gasteiger charge is 2.06. The number of unbranched alkanes of at least 4 members (excludes halogenated alkanes) is 4. The molecule has 0 amide bonds. The van der Waals surface area contributed by atoms with Crippen molar-refractivity contribution < 1.29 is 14.1 Å². The van der Waals surface area contributed by atoms with Crippen LogP contribution in [-0.2, 0) is 16.1 Å². The Kier molecular flexibility index (Phi) is 13.0. The molecule has 2 aromatic rings. The standard InChI is InChI=1S/C29H43N2O2/c1-4-7-22-31(23-8-5-2)28-17-15-26(16-18-28)13-14-27-19-24-30(25-20-27)21-11-9-10-12-29(32)33-6-3/h13-20,24-25H,4-12,21-23H2,1-3H3/q+1. The minimum Gasteiger partial charge on any atom is -0.466 e. The first-order chi connectivity index (χ1) is 16.2. The molecule has 0 fully saturated rings. The lowest BCUT2D eigenvalue weighted by Crippen LogP contribution is -2.32. The van der Waals surface area contributed by atoms with Gasteiger partial charge >= 0.3 is 5.97 Å². The highest BCUT2D eigenvalue weighted by molar-refractivity contribution is 5.70. The number of anilines is 1. The zero-order valence-electron chi connectivity index (χ0n) is 21.0. The van der Waals surface area contributed by atoms with Gasteiger partial charge in [-0.05, 0) is 55.9 Å². The Morgan fingerprint density at radius 1 is 0.818 bits per heavy atom. The molecule has 0 saturated heterocycles. The van der Waals surface area contributed by atoms with Crippen molar-refractivity contribution >= 4 is 23.8 Å². The second-order valence-electron chi connectivity index (χ2n) is 8.60. The van der Waals surface area contributed by atoms with E-state index in [1.54, 1.807) is 0 Å². The Balaban J connectivity index is 1.81. The average molecular weight is 452 g/mol. The summed E-state index contributed by atoms with van der Waals surface area (Å²) in [6.45, 7) is 10.1. The summed E-state index contributed by atoms with van der Waals surface area (Å²) in [6.07, 6.45) is 17.1.